The van der Waals surface area contributed by atoms with Crippen molar-refractivity contribution in [1.82, 2.24) is 4.98 Å². The van der Waals surface area contributed by atoms with Gasteiger partial charge in [-0.3, -0.25) is 14.6 Å². The van der Waals surface area contributed by atoms with Gasteiger partial charge in [0.1, 0.15) is 11.4 Å². The number of carbonyl (C=O) groups is 2. The smallest absolute Gasteiger partial charge is 0.274 e. The minimum absolute atomic E-state index is 0.157. The maximum absolute atomic E-state index is 12.6. The lowest BCUT2D eigenvalue weighted by Crippen LogP contribution is -2.17. The average molecular weight is 361 g/mol. The molecule has 1 aromatic heterocycles. The lowest BCUT2D eigenvalue weighted by atomic mass is 10.2. The number of pyridine rings is 1. The van der Waals surface area contributed by atoms with Crippen LogP contribution in [-0.4, -0.2) is 23.4 Å². The van der Waals surface area contributed by atoms with Crippen molar-refractivity contribution in [3.8, 4) is 5.75 Å². The fourth-order valence-electron chi connectivity index (χ4n) is 2.46. The number of carbonyl (C=O) groups excluding carboxylic acids is 2. The molecule has 0 fully saturated rings. The van der Waals surface area contributed by atoms with Crippen molar-refractivity contribution in [2.24, 2.45) is 0 Å². The molecule has 3 aromatic rings. The Morgan fingerprint density at radius 2 is 1.67 bits per heavy atom. The summed E-state index contributed by atoms with van der Waals surface area (Å²) >= 11 is 0. The predicted molar refractivity (Wildman–Crippen MR) is 104 cm³/mol. The molecule has 3 rings (SSSR count). The van der Waals surface area contributed by atoms with Gasteiger partial charge in [0.05, 0.1) is 12.3 Å². The van der Waals surface area contributed by atoms with Crippen molar-refractivity contribution in [2.45, 2.75) is 6.92 Å². The normalized spacial score (nSPS) is 10.1. The van der Waals surface area contributed by atoms with Crippen LogP contribution in [0.25, 0.3) is 0 Å². The van der Waals surface area contributed by atoms with Crippen LogP contribution in [0.2, 0.25) is 0 Å². The lowest BCUT2D eigenvalue weighted by molar-refractivity contribution is 0.102. The van der Waals surface area contributed by atoms with Crippen LogP contribution in [-0.2, 0) is 0 Å². The zero-order valence-corrected chi connectivity index (χ0v) is 14.8. The van der Waals surface area contributed by atoms with E-state index in [0.717, 1.165) is 0 Å². The molecule has 0 saturated carbocycles. The predicted octanol–water partition coefficient (Wildman–Crippen LogP) is 3.98. The number of benzene rings is 2. The second kappa shape index (κ2) is 8.62. The molecule has 6 nitrogen and oxygen atoms in total. The maximum Gasteiger partial charge on any atom is 0.274 e. The Morgan fingerprint density at radius 3 is 2.44 bits per heavy atom. The molecular formula is C21H19N3O3. The Kier molecular flexibility index (Phi) is 5.79. The van der Waals surface area contributed by atoms with E-state index < -0.39 is 0 Å². The molecular weight excluding hydrogens is 342 g/mol. The van der Waals surface area contributed by atoms with Gasteiger partial charge < -0.3 is 15.4 Å². The molecule has 2 N–H and O–H groups in total. The standard InChI is InChI=1S/C21H19N3O3/c1-2-27-19-11-7-6-10-17(19)24-20(25)15-12-13-22-18(14-15)21(26)23-16-8-4-3-5-9-16/h3-14H,2H2,1H3,(H,23,26)(H,24,25). The highest BCUT2D eigenvalue weighted by Crippen LogP contribution is 2.24. The van der Waals surface area contributed by atoms with Crippen LogP contribution < -0.4 is 15.4 Å². The van der Waals surface area contributed by atoms with E-state index >= 15 is 0 Å². The number of anilines is 2. The van der Waals surface area contributed by atoms with Crippen LogP contribution in [0.5, 0.6) is 5.75 Å². The lowest BCUT2D eigenvalue weighted by Gasteiger charge is -2.11. The van der Waals surface area contributed by atoms with Gasteiger partial charge in [-0.2, -0.15) is 0 Å². The van der Waals surface area contributed by atoms with Crippen molar-refractivity contribution in [2.75, 3.05) is 17.2 Å². The van der Waals surface area contributed by atoms with Crippen molar-refractivity contribution in [3.05, 3.63) is 84.2 Å². The van der Waals surface area contributed by atoms with Crippen molar-refractivity contribution in [1.29, 1.82) is 0 Å². The van der Waals surface area contributed by atoms with E-state index in [2.05, 4.69) is 15.6 Å². The zero-order chi connectivity index (χ0) is 19.1. The minimum atomic E-state index is -0.384. The third-order valence-electron chi connectivity index (χ3n) is 3.72. The summed E-state index contributed by atoms with van der Waals surface area (Å²) in [6.45, 7) is 2.37. The molecule has 0 aliphatic heterocycles. The molecule has 2 amide bonds. The number of aromatic nitrogens is 1. The quantitative estimate of drug-likeness (QED) is 0.696. The highest BCUT2D eigenvalue weighted by Gasteiger charge is 2.14. The third-order valence-corrected chi connectivity index (χ3v) is 3.72. The molecule has 0 bridgehead atoms. The topological polar surface area (TPSA) is 80.3 Å². The first-order chi connectivity index (χ1) is 13.2. The molecule has 27 heavy (non-hydrogen) atoms. The number of hydrogen-bond donors (Lipinski definition) is 2. The second-order valence-electron chi connectivity index (χ2n) is 5.63. The van der Waals surface area contributed by atoms with Gasteiger partial charge >= 0.3 is 0 Å². The monoisotopic (exact) mass is 361 g/mol. The molecule has 0 radical (unpaired) electrons. The summed E-state index contributed by atoms with van der Waals surface area (Å²) in [7, 11) is 0. The maximum atomic E-state index is 12.6. The van der Waals surface area contributed by atoms with E-state index in [-0.39, 0.29) is 17.5 Å². The van der Waals surface area contributed by atoms with Gasteiger partial charge in [0.25, 0.3) is 11.8 Å². The van der Waals surface area contributed by atoms with Crippen LogP contribution >= 0.6 is 0 Å². The molecule has 0 spiro atoms. The highest BCUT2D eigenvalue weighted by atomic mass is 16.5. The van der Waals surface area contributed by atoms with E-state index in [9.17, 15) is 9.59 Å². The second-order valence-corrected chi connectivity index (χ2v) is 5.63. The van der Waals surface area contributed by atoms with E-state index in [4.69, 9.17) is 4.74 Å². The number of nitrogens with zero attached hydrogens (tertiary/aromatic N) is 1. The number of rotatable bonds is 6. The Bertz CT molecular complexity index is 942. The molecule has 136 valence electrons. The first-order valence-corrected chi connectivity index (χ1v) is 8.53. The Balaban J connectivity index is 1.75. The summed E-state index contributed by atoms with van der Waals surface area (Å²) in [6, 6.07) is 19.2. The molecule has 0 aliphatic rings. The molecule has 1 heterocycles. The van der Waals surface area contributed by atoms with Crippen LogP contribution in [0, 0.1) is 0 Å². The Labute approximate surface area is 157 Å². The molecule has 2 aromatic carbocycles. The summed E-state index contributed by atoms with van der Waals surface area (Å²) in [5, 5.41) is 5.55. The summed E-state index contributed by atoms with van der Waals surface area (Å²) in [4.78, 5) is 29.0. The fraction of sp³-hybridized carbons (Fsp3) is 0.0952. The Hall–Kier alpha value is -3.67. The largest absolute Gasteiger partial charge is 0.492 e. The van der Waals surface area contributed by atoms with Crippen LogP contribution in [0.4, 0.5) is 11.4 Å². The first-order valence-electron chi connectivity index (χ1n) is 8.53. The van der Waals surface area contributed by atoms with Gasteiger partial charge in [-0.15, -0.1) is 0 Å². The van der Waals surface area contributed by atoms with Gasteiger partial charge in [0, 0.05) is 17.4 Å². The van der Waals surface area contributed by atoms with E-state index in [0.29, 0.717) is 29.3 Å². The number of hydrogen-bond acceptors (Lipinski definition) is 4. The molecule has 0 aliphatic carbocycles. The van der Waals surface area contributed by atoms with Crippen molar-refractivity contribution < 1.29 is 14.3 Å². The van der Waals surface area contributed by atoms with Crippen LogP contribution in [0.15, 0.2) is 72.9 Å². The van der Waals surface area contributed by atoms with Gasteiger partial charge in [0.2, 0.25) is 0 Å². The van der Waals surface area contributed by atoms with Crippen LogP contribution in [0.1, 0.15) is 27.8 Å². The minimum Gasteiger partial charge on any atom is -0.492 e. The summed E-state index contributed by atoms with van der Waals surface area (Å²) in [6.07, 6.45) is 1.43. The summed E-state index contributed by atoms with van der Waals surface area (Å²) < 4.78 is 5.51. The molecule has 0 atom stereocenters. The van der Waals surface area contributed by atoms with Gasteiger partial charge in [-0.25, -0.2) is 0 Å². The van der Waals surface area contributed by atoms with E-state index in [1.165, 1.54) is 12.3 Å². The molecule has 6 heteroatoms. The summed E-state index contributed by atoms with van der Waals surface area (Å²) in [5.41, 5.74) is 1.71. The highest BCUT2D eigenvalue weighted by molar-refractivity contribution is 6.08. The Morgan fingerprint density at radius 1 is 0.926 bits per heavy atom. The van der Waals surface area contributed by atoms with Gasteiger partial charge in [-0.1, -0.05) is 30.3 Å². The van der Waals surface area contributed by atoms with Crippen molar-refractivity contribution >= 4 is 23.2 Å². The average Bonchev–Trinajstić information content (AvgIpc) is 2.70. The first kappa shape index (κ1) is 18.1. The zero-order valence-electron chi connectivity index (χ0n) is 14.8. The number of para-hydroxylation sites is 3. The van der Waals surface area contributed by atoms with Crippen LogP contribution in [0.3, 0.4) is 0 Å². The molecule has 0 saturated heterocycles. The van der Waals surface area contributed by atoms with Gasteiger partial charge in [0.15, 0.2) is 0 Å². The summed E-state index contributed by atoms with van der Waals surface area (Å²) in [5.74, 6) is -0.145. The number of ether oxygens (including phenoxy) is 1. The molecule has 0 unspecified atom stereocenters. The fourth-order valence-corrected chi connectivity index (χ4v) is 2.46. The van der Waals surface area contributed by atoms with E-state index in [1.807, 2.05) is 37.3 Å². The number of nitrogens with one attached hydrogen (secondary N) is 2. The third kappa shape index (κ3) is 4.70. The van der Waals surface area contributed by atoms with E-state index in [1.54, 1.807) is 30.3 Å². The SMILES string of the molecule is CCOc1ccccc1NC(=O)c1ccnc(C(=O)Nc2ccccc2)c1. The van der Waals surface area contributed by atoms with Gasteiger partial charge in [-0.05, 0) is 43.3 Å². The van der Waals surface area contributed by atoms with Crippen molar-refractivity contribution in [3.63, 3.8) is 0 Å². The number of amides is 2.